The van der Waals surface area contributed by atoms with Crippen LogP contribution in [0.25, 0.3) is 21.8 Å². The molecule has 0 radical (unpaired) electrons. The minimum absolute atomic E-state index is 0.00357. The van der Waals surface area contributed by atoms with E-state index in [2.05, 4.69) is 25.5 Å². The molecule has 4 rings (SSSR count). The summed E-state index contributed by atoms with van der Waals surface area (Å²) >= 11 is 0. The Morgan fingerprint density at radius 3 is 3.25 bits per heavy atom. The second-order valence-electron chi connectivity index (χ2n) is 6.18. The molecule has 2 N–H and O–H groups in total. The Hall–Kier alpha value is -2.70. The second kappa shape index (κ2) is 6.07. The maximum absolute atomic E-state index is 12.2. The first-order valence-electron chi connectivity index (χ1n) is 8.38. The van der Waals surface area contributed by atoms with Crippen LogP contribution in [0.3, 0.4) is 0 Å². The van der Waals surface area contributed by atoms with E-state index in [1.54, 1.807) is 6.20 Å². The van der Waals surface area contributed by atoms with Crippen molar-refractivity contribution < 1.29 is 4.79 Å². The number of rotatable bonds is 2. The summed E-state index contributed by atoms with van der Waals surface area (Å²) in [6.45, 7) is 4.05. The molecule has 3 aromatic heterocycles. The van der Waals surface area contributed by atoms with Gasteiger partial charge < -0.3 is 15.2 Å². The maximum atomic E-state index is 12.2. The number of aromatic nitrogens is 4. The molecule has 124 valence electrons. The van der Waals surface area contributed by atoms with Gasteiger partial charge in [-0.3, -0.25) is 0 Å². The third-order valence-electron chi connectivity index (χ3n) is 4.66. The SMILES string of the molecule is CCNC(=O)N1CCCC(c2nncc3cnc4[nH]ccc4c23)C1. The molecule has 0 saturated carbocycles. The highest BCUT2D eigenvalue weighted by Gasteiger charge is 2.27. The number of urea groups is 1. The maximum Gasteiger partial charge on any atom is 0.317 e. The molecule has 1 aliphatic rings. The van der Waals surface area contributed by atoms with Crippen molar-refractivity contribution >= 4 is 27.8 Å². The molecule has 0 aliphatic carbocycles. The molecule has 7 heteroatoms. The minimum Gasteiger partial charge on any atom is -0.346 e. The molecule has 4 heterocycles. The van der Waals surface area contributed by atoms with Crippen LogP contribution in [0.4, 0.5) is 4.79 Å². The summed E-state index contributed by atoms with van der Waals surface area (Å²) in [5.41, 5.74) is 1.82. The Kier molecular flexibility index (Phi) is 3.76. The summed E-state index contributed by atoms with van der Waals surface area (Å²) in [4.78, 5) is 21.6. The monoisotopic (exact) mass is 324 g/mol. The number of nitrogens with zero attached hydrogens (tertiary/aromatic N) is 4. The third kappa shape index (κ3) is 2.46. The van der Waals surface area contributed by atoms with E-state index in [0.29, 0.717) is 13.1 Å². The summed E-state index contributed by atoms with van der Waals surface area (Å²) in [5.74, 6) is 0.193. The van der Waals surface area contributed by atoms with Gasteiger partial charge >= 0.3 is 6.03 Å². The molecule has 3 aromatic rings. The first-order valence-corrected chi connectivity index (χ1v) is 8.38. The van der Waals surface area contributed by atoms with Gasteiger partial charge in [-0.1, -0.05) is 0 Å². The van der Waals surface area contributed by atoms with Gasteiger partial charge in [0.25, 0.3) is 0 Å². The van der Waals surface area contributed by atoms with Crippen molar-refractivity contribution in [2.45, 2.75) is 25.7 Å². The average molecular weight is 324 g/mol. The number of H-pyrrole nitrogens is 1. The van der Waals surface area contributed by atoms with Gasteiger partial charge in [-0.25, -0.2) is 9.78 Å². The van der Waals surface area contributed by atoms with Crippen LogP contribution in [0.15, 0.2) is 24.7 Å². The molecule has 24 heavy (non-hydrogen) atoms. The summed E-state index contributed by atoms with van der Waals surface area (Å²) in [6.07, 6.45) is 7.46. The number of piperidine rings is 1. The van der Waals surface area contributed by atoms with Crippen LogP contribution in [0, 0.1) is 0 Å². The Balaban J connectivity index is 1.75. The first kappa shape index (κ1) is 14.9. The van der Waals surface area contributed by atoms with E-state index in [1.165, 1.54) is 0 Å². The Labute approximate surface area is 139 Å². The topological polar surface area (TPSA) is 86.8 Å². The van der Waals surface area contributed by atoms with E-state index in [9.17, 15) is 4.79 Å². The van der Waals surface area contributed by atoms with Crippen molar-refractivity contribution in [3.8, 4) is 0 Å². The minimum atomic E-state index is 0.00357. The van der Waals surface area contributed by atoms with Gasteiger partial charge in [0, 0.05) is 54.1 Å². The standard InChI is InChI=1S/C17H20N6O/c1-2-18-17(24)23-7-3-4-11(10-23)15-14-12(9-21-22-15)8-20-16-13(14)5-6-19-16/h5-6,8-9,11H,2-4,7,10H2,1H3,(H,18,24)(H,19,20). The van der Waals surface area contributed by atoms with Gasteiger partial charge in [-0.05, 0) is 25.8 Å². The highest BCUT2D eigenvalue weighted by atomic mass is 16.2. The second-order valence-corrected chi connectivity index (χ2v) is 6.18. The van der Waals surface area contributed by atoms with E-state index >= 15 is 0 Å². The summed E-state index contributed by atoms with van der Waals surface area (Å²) in [5, 5.41) is 14.6. The lowest BCUT2D eigenvalue weighted by atomic mass is 9.91. The Morgan fingerprint density at radius 2 is 2.38 bits per heavy atom. The zero-order valence-electron chi connectivity index (χ0n) is 13.6. The fourth-order valence-corrected chi connectivity index (χ4v) is 3.54. The zero-order valence-corrected chi connectivity index (χ0v) is 13.6. The van der Waals surface area contributed by atoms with E-state index in [-0.39, 0.29) is 11.9 Å². The predicted molar refractivity (Wildman–Crippen MR) is 91.8 cm³/mol. The quantitative estimate of drug-likeness (QED) is 0.758. The number of carbonyl (C=O) groups excluding carboxylic acids is 1. The number of nitrogens with one attached hydrogen (secondary N) is 2. The Morgan fingerprint density at radius 1 is 1.46 bits per heavy atom. The number of aromatic amines is 1. The third-order valence-corrected chi connectivity index (χ3v) is 4.66. The van der Waals surface area contributed by atoms with Gasteiger partial charge in [0.1, 0.15) is 5.65 Å². The van der Waals surface area contributed by atoms with Crippen molar-refractivity contribution in [3.05, 3.63) is 30.4 Å². The molecule has 1 aliphatic heterocycles. The number of likely N-dealkylation sites (tertiary alicyclic amines) is 1. The molecule has 2 amide bonds. The molecule has 1 fully saturated rings. The highest BCUT2D eigenvalue weighted by Crippen LogP contribution is 2.33. The summed E-state index contributed by atoms with van der Waals surface area (Å²) < 4.78 is 0. The number of hydrogen-bond acceptors (Lipinski definition) is 4. The molecule has 0 spiro atoms. The summed E-state index contributed by atoms with van der Waals surface area (Å²) in [7, 11) is 0. The van der Waals surface area contributed by atoms with E-state index in [0.717, 1.165) is 46.9 Å². The van der Waals surface area contributed by atoms with Crippen LogP contribution in [-0.2, 0) is 0 Å². The van der Waals surface area contributed by atoms with Gasteiger partial charge in [0.15, 0.2) is 0 Å². The molecule has 0 bridgehead atoms. The average Bonchev–Trinajstić information content (AvgIpc) is 3.10. The fraction of sp³-hybridized carbons (Fsp3) is 0.412. The molecule has 1 atom stereocenters. The predicted octanol–water partition coefficient (Wildman–Crippen LogP) is 2.42. The highest BCUT2D eigenvalue weighted by molar-refractivity contribution is 6.05. The fourth-order valence-electron chi connectivity index (χ4n) is 3.54. The van der Waals surface area contributed by atoms with Gasteiger partial charge in [-0.2, -0.15) is 10.2 Å². The van der Waals surface area contributed by atoms with Gasteiger partial charge in [0.2, 0.25) is 0 Å². The largest absolute Gasteiger partial charge is 0.346 e. The summed E-state index contributed by atoms with van der Waals surface area (Å²) in [6, 6.07) is 2.03. The number of amides is 2. The zero-order chi connectivity index (χ0) is 16.5. The number of pyridine rings is 1. The van der Waals surface area contributed by atoms with Crippen molar-refractivity contribution in [1.82, 2.24) is 30.4 Å². The lowest BCUT2D eigenvalue weighted by molar-refractivity contribution is 0.179. The molecular formula is C17H20N6O. The molecule has 1 saturated heterocycles. The van der Waals surface area contributed by atoms with Crippen LogP contribution >= 0.6 is 0 Å². The van der Waals surface area contributed by atoms with E-state index < -0.39 is 0 Å². The van der Waals surface area contributed by atoms with Crippen molar-refractivity contribution in [1.29, 1.82) is 0 Å². The first-order chi connectivity index (χ1) is 11.8. The number of hydrogen-bond donors (Lipinski definition) is 2. The van der Waals surface area contributed by atoms with Crippen LogP contribution in [0.2, 0.25) is 0 Å². The molecule has 1 unspecified atom stereocenters. The van der Waals surface area contributed by atoms with Crippen molar-refractivity contribution in [2.24, 2.45) is 0 Å². The van der Waals surface area contributed by atoms with E-state index in [1.807, 2.05) is 30.3 Å². The van der Waals surface area contributed by atoms with Gasteiger partial charge in [-0.15, -0.1) is 0 Å². The van der Waals surface area contributed by atoms with Crippen molar-refractivity contribution in [2.75, 3.05) is 19.6 Å². The van der Waals surface area contributed by atoms with Crippen LogP contribution in [0.1, 0.15) is 31.4 Å². The lowest BCUT2D eigenvalue weighted by Gasteiger charge is -2.32. The number of carbonyl (C=O) groups is 1. The molecule has 7 nitrogen and oxygen atoms in total. The Bertz CT molecular complexity index is 889. The van der Waals surface area contributed by atoms with E-state index in [4.69, 9.17) is 0 Å². The number of fused-ring (bicyclic) bond motifs is 3. The van der Waals surface area contributed by atoms with Crippen molar-refractivity contribution in [3.63, 3.8) is 0 Å². The van der Waals surface area contributed by atoms with Crippen LogP contribution in [0.5, 0.6) is 0 Å². The normalized spacial score (nSPS) is 18.2. The van der Waals surface area contributed by atoms with Gasteiger partial charge in [0.05, 0.1) is 11.9 Å². The lowest BCUT2D eigenvalue weighted by Crippen LogP contribution is -2.45. The molecule has 0 aromatic carbocycles. The smallest absolute Gasteiger partial charge is 0.317 e. The van der Waals surface area contributed by atoms with Crippen LogP contribution in [-0.4, -0.2) is 50.7 Å². The molecular weight excluding hydrogens is 304 g/mol. The van der Waals surface area contributed by atoms with Crippen LogP contribution < -0.4 is 5.32 Å².